The molecule has 0 aliphatic carbocycles. The summed E-state index contributed by atoms with van der Waals surface area (Å²) in [6.45, 7) is 2.73. The van der Waals surface area contributed by atoms with Gasteiger partial charge in [-0.05, 0) is 24.6 Å². The minimum atomic E-state index is 0.655. The molecule has 2 aromatic rings. The highest BCUT2D eigenvalue weighted by Gasteiger charge is 2.05. The summed E-state index contributed by atoms with van der Waals surface area (Å²) < 4.78 is 5.89. The summed E-state index contributed by atoms with van der Waals surface area (Å²) >= 11 is 3.49. The van der Waals surface area contributed by atoms with E-state index in [-0.39, 0.29) is 0 Å². The van der Waals surface area contributed by atoms with Crippen LogP contribution in [-0.2, 0) is 11.8 Å². The molecule has 0 aliphatic rings. The molecule has 0 saturated carbocycles. The number of nitrogens with zero attached hydrogens (tertiary/aromatic N) is 1. The van der Waals surface area contributed by atoms with Gasteiger partial charge in [-0.1, -0.05) is 40.2 Å². The van der Waals surface area contributed by atoms with Crippen LogP contribution in [0, 0.1) is 6.92 Å². The molecular formula is C15H16BrNO. The molecule has 2 nitrogen and oxygen atoms in total. The lowest BCUT2D eigenvalue weighted by Gasteiger charge is -2.12. The lowest BCUT2D eigenvalue weighted by molar-refractivity contribution is 0.316. The summed E-state index contributed by atoms with van der Waals surface area (Å²) in [6.07, 6.45) is 2.64. The minimum Gasteiger partial charge on any atom is -0.493 e. The maximum Gasteiger partial charge on any atom is 0.126 e. The van der Waals surface area contributed by atoms with Crippen LogP contribution in [0.15, 0.2) is 42.6 Å². The molecule has 1 aromatic carbocycles. The average Bonchev–Trinajstić information content (AvgIpc) is 2.41. The van der Waals surface area contributed by atoms with Crippen LogP contribution in [0.3, 0.4) is 0 Å². The third-order valence-electron chi connectivity index (χ3n) is 2.77. The number of aryl methyl sites for hydroxylation is 1. The number of hydrogen-bond acceptors (Lipinski definition) is 2. The number of benzene rings is 1. The van der Waals surface area contributed by atoms with Gasteiger partial charge in [0.1, 0.15) is 5.75 Å². The van der Waals surface area contributed by atoms with E-state index in [1.165, 1.54) is 11.1 Å². The summed E-state index contributed by atoms with van der Waals surface area (Å²) in [7, 11) is 0. The van der Waals surface area contributed by atoms with Gasteiger partial charge < -0.3 is 4.74 Å². The van der Waals surface area contributed by atoms with Gasteiger partial charge in [0, 0.05) is 29.2 Å². The second-order valence-corrected chi connectivity index (χ2v) is 4.68. The molecule has 0 spiro atoms. The molecule has 0 fully saturated rings. The van der Waals surface area contributed by atoms with Crippen molar-refractivity contribution < 1.29 is 4.74 Å². The largest absolute Gasteiger partial charge is 0.493 e. The van der Waals surface area contributed by atoms with Gasteiger partial charge in [-0.25, -0.2) is 0 Å². The zero-order chi connectivity index (χ0) is 12.8. The van der Waals surface area contributed by atoms with E-state index >= 15 is 0 Å². The summed E-state index contributed by atoms with van der Waals surface area (Å²) in [6, 6.07) is 12.2. The minimum absolute atomic E-state index is 0.655. The average molecular weight is 306 g/mol. The van der Waals surface area contributed by atoms with Crippen molar-refractivity contribution in [2.45, 2.75) is 18.7 Å². The molecular weight excluding hydrogens is 290 g/mol. The molecule has 1 heterocycles. The fourth-order valence-electron chi connectivity index (χ4n) is 1.83. The van der Waals surface area contributed by atoms with Crippen molar-refractivity contribution >= 4 is 15.9 Å². The number of rotatable bonds is 5. The quantitative estimate of drug-likeness (QED) is 0.782. The third-order valence-corrected chi connectivity index (χ3v) is 3.37. The van der Waals surface area contributed by atoms with Gasteiger partial charge in [0.25, 0.3) is 0 Å². The standard InChI is InChI=1S/C15H16BrNO/c1-12-5-4-6-13(11-16)15(12)18-10-8-14-7-2-3-9-17-14/h2-7,9H,8,10-11H2,1H3. The van der Waals surface area contributed by atoms with Crippen LogP contribution in [0.5, 0.6) is 5.75 Å². The van der Waals surface area contributed by atoms with E-state index in [4.69, 9.17) is 4.74 Å². The number of ether oxygens (including phenoxy) is 1. The number of pyridine rings is 1. The molecule has 1 aromatic heterocycles. The Morgan fingerprint density at radius 1 is 1.17 bits per heavy atom. The Kier molecular flexibility index (Phi) is 4.76. The highest BCUT2D eigenvalue weighted by Crippen LogP contribution is 2.25. The Labute approximate surface area is 116 Å². The summed E-state index contributed by atoms with van der Waals surface area (Å²) in [5, 5.41) is 0.813. The fourth-order valence-corrected chi connectivity index (χ4v) is 2.27. The van der Waals surface area contributed by atoms with E-state index in [1.807, 2.05) is 24.4 Å². The van der Waals surface area contributed by atoms with Gasteiger partial charge in [0.15, 0.2) is 0 Å². The maximum absolute atomic E-state index is 5.89. The first-order chi connectivity index (χ1) is 8.81. The van der Waals surface area contributed by atoms with E-state index in [0.717, 1.165) is 23.2 Å². The maximum atomic E-state index is 5.89. The van der Waals surface area contributed by atoms with Crippen molar-refractivity contribution in [1.82, 2.24) is 4.98 Å². The number of alkyl halides is 1. The molecule has 0 atom stereocenters. The van der Waals surface area contributed by atoms with E-state index in [9.17, 15) is 0 Å². The Balaban J connectivity index is 1.98. The zero-order valence-corrected chi connectivity index (χ0v) is 12.0. The zero-order valence-electron chi connectivity index (χ0n) is 10.4. The van der Waals surface area contributed by atoms with Crippen LogP contribution >= 0.6 is 15.9 Å². The number of hydrogen-bond donors (Lipinski definition) is 0. The Morgan fingerprint density at radius 3 is 2.78 bits per heavy atom. The topological polar surface area (TPSA) is 22.1 Å². The first kappa shape index (κ1) is 13.1. The molecule has 0 unspecified atom stereocenters. The molecule has 0 saturated heterocycles. The second kappa shape index (κ2) is 6.55. The SMILES string of the molecule is Cc1cccc(CBr)c1OCCc1ccccn1. The molecule has 0 amide bonds. The normalized spacial score (nSPS) is 10.3. The Bertz CT molecular complexity index is 499. The summed E-state index contributed by atoms with van der Waals surface area (Å²) in [4.78, 5) is 4.29. The summed E-state index contributed by atoms with van der Waals surface area (Å²) in [5.74, 6) is 0.991. The monoisotopic (exact) mass is 305 g/mol. The van der Waals surface area contributed by atoms with Crippen LogP contribution in [0.25, 0.3) is 0 Å². The van der Waals surface area contributed by atoms with Crippen molar-refractivity contribution in [1.29, 1.82) is 0 Å². The Hall–Kier alpha value is -1.35. The van der Waals surface area contributed by atoms with Crippen LogP contribution in [-0.4, -0.2) is 11.6 Å². The summed E-state index contributed by atoms with van der Waals surface area (Å²) in [5.41, 5.74) is 3.43. The van der Waals surface area contributed by atoms with Gasteiger partial charge in [0.05, 0.1) is 6.61 Å². The van der Waals surface area contributed by atoms with Crippen LogP contribution < -0.4 is 4.74 Å². The molecule has 0 radical (unpaired) electrons. The molecule has 0 aliphatic heterocycles. The highest BCUT2D eigenvalue weighted by molar-refractivity contribution is 9.08. The van der Waals surface area contributed by atoms with Gasteiger partial charge in [-0.2, -0.15) is 0 Å². The van der Waals surface area contributed by atoms with Gasteiger partial charge in [-0.3, -0.25) is 4.98 Å². The highest BCUT2D eigenvalue weighted by atomic mass is 79.9. The smallest absolute Gasteiger partial charge is 0.126 e. The molecule has 0 N–H and O–H groups in total. The predicted molar refractivity (Wildman–Crippen MR) is 77.2 cm³/mol. The van der Waals surface area contributed by atoms with E-state index in [2.05, 4.69) is 46.0 Å². The molecule has 3 heteroatoms. The molecule has 94 valence electrons. The second-order valence-electron chi connectivity index (χ2n) is 4.12. The van der Waals surface area contributed by atoms with Crippen LogP contribution in [0.2, 0.25) is 0 Å². The number of halogens is 1. The van der Waals surface area contributed by atoms with Gasteiger partial charge >= 0.3 is 0 Å². The van der Waals surface area contributed by atoms with Crippen molar-refractivity contribution in [3.63, 3.8) is 0 Å². The first-order valence-electron chi connectivity index (χ1n) is 5.98. The molecule has 18 heavy (non-hydrogen) atoms. The lowest BCUT2D eigenvalue weighted by Crippen LogP contribution is -2.05. The van der Waals surface area contributed by atoms with Gasteiger partial charge in [0.2, 0.25) is 0 Å². The van der Waals surface area contributed by atoms with E-state index in [0.29, 0.717) is 6.61 Å². The van der Waals surface area contributed by atoms with E-state index in [1.54, 1.807) is 0 Å². The van der Waals surface area contributed by atoms with Gasteiger partial charge in [-0.15, -0.1) is 0 Å². The fraction of sp³-hybridized carbons (Fsp3) is 0.267. The van der Waals surface area contributed by atoms with Crippen molar-refractivity contribution in [3.8, 4) is 5.75 Å². The lowest BCUT2D eigenvalue weighted by atomic mass is 10.1. The number of para-hydroxylation sites is 1. The molecule has 2 rings (SSSR count). The van der Waals surface area contributed by atoms with Crippen molar-refractivity contribution in [3.05, 3.63) is 59.4 Å². The third kappa shape index (κ3) is 3.33. The van der Waals surface area contributed by atoms with Crippen molar-refractivity contribution in [2.24, 2.45) is 0 Å². The Morgan fingerprint density at radius 2 is 2.06 bits per heavy atom. The first-order valence-corrected chi connectivity index (χ1v) is 7.10. The number of aromatic nitrogens is 1. The van der Waals surface area contributed by atoms with Crippen LogP contribution in [0.4, 0.5) is 0 Å². The predicted octanol–water partition coefficient (Wildman–Crippen LogP) is 3.91. The van der Waals surface area contributed by atoms with E-state index < -0.39 is 0 Å². The van der Waals surface area contributed by atoms with Crippen molar-refractivity contribution in [2.75, 3.05) is 6.61 Å². The van der Waals surface area contributed by atoms with Crippen LogP contribution in [0.1, 0.15) is 16.8 Å². The molecule has 0 bridgehead atoms.